The van der Waals surface area contributed by atoms with Crippen LogP contribution in [-0.2, 0) is 9.53 Å². The maximum atomic E-state index is 13.3. The van der Waals surface area contributed by atoms with Gasteiger partial charge >= 0.3 is 5.97 Å². The lowest BCUT2D eigenvalue weighted by molar-refractivity contribution is -0.138. The molecule has 0 aliphatic carbocycles. The normalized spacial score (nSPS) is 12.0. The van der Waals surface area contributed by atoms with E-state index in [2.05, 4.69) is 0 Å². The summed E-state index contributed by atoms with van der Waals surface area (Å²) in [4.78, 5) is 26.7. The lowest BCUT2D eigenvalue weighted by Crippen LogP contribution is -2.31. The fourth-order valence-electron chi connectivity index (χ4n) is 2.40. The van der Waals surface area contributed by atoms with Gasteiger partial charge in [-0.3, -0.25) is 4.79 Å². The van der Waals surface area contributed by atoms with Crippen molar-refractivity contribution in [2.24, 2.45) is 0 Å². The van der Waals surface area contributed by atoms with E-state index in [1.165, 1.54) is 28.4 Å². The third-order valence-corrected chi connectivity index (χ3v) is 4.77. The summed E-state index contributed by atoms with van der Waals surface area (Å²) in [5.74, 6) is -1.30. The van der Waals surface area contributed by atoms with Gasteiger partial charge in [0.05, 0.1) is 0 Å². The molecule has 3 rings (SSSR count). The van der Waals surface area contributed by atoms with Gasteiger partial charge in [-0.05, 0) is 29.7 Å². The summed E-state index contributed by atoms with van der Waals surface area (Å²) in [5, 5.41) is 0.632. The van der Waals surface area contributed by atoms with Gasteiger partial charge in [0.25, 0.3) is 5.91 Å². The fraction of sp³-hybridized carbons (Fsp3) is 0.158. The lowest BCUT2D eigenvalue weighted by atomic mass is 10.1. The van der Waals surface area contributed by atoms with Crippen LogP contribution in [0.15, 0.2) is 54.6 Å². The van der Waals surface area contributed by atoms with E-state index < -0.39 is 12.1 Å². The van der Waals surface area contributed by atoms with Gasteiger partial charge in [0.1, 0.15) is 10.7 Å². The summed E-state index contributed by atoms with van der Waals surface area (Å²) in [7, 11) is 3.21. The van der Waals surface area contributed by atoms with Gasteiger partial charge in [-0.25, -0.2) is 9.18 Å². The molecule has 25 heavy (non-hydrogen) atoms. The van der Waals surface area contributed by atoms with Gasteiger partial charge in [-0.1, -0.05) is 30.3 Å². The number of benzene rings is 2. The topological polar surface area (TPSA) is 46.6 Å². The average Bonchev–Trinajstić information content (AvgIpc) is 3.02. The van der Waals surface area contributed by atoms with E-state index in [0.29, 0.717) is 15.8 Å². The van der Waals surface area contributed by atoms with E-state index in [1.807, 2.05) is 6.07 Å². The summed E-state index contributed by atoms with van der Waals surface area (Å²) in [6.07, 6.45) is -1.02. The standard InChI is InChI=1S/C19H16FNO3S/c1-21(2)18(22)17(12-6-4-3-5-7-12)24-19(23)16-11-13-10-14(20)8-9-15(13)25-16/h3-11,17H,1-2H3/t17-/m0/s1. The number of carbonyl (C=O) groups excluding carboxylic acids is 2. The van der Waals surface area contributed by atoms with Crippen LogP contribution in [0.3, 0.4) is 0 Å². The molecule has 0 N–H and O–H groups in total. The fourth-order valence-corrected chi connectivity index (χ4v) is 3.33. The molecule has 3 aromatic rings. The van der Waals surface area contributed by atoms with Crippen LogP contribution in [0, 0.1) is 5.82 Å². The molecule has 2 aromatic carbocycles. The number of nitrogens with zero attached hydrogens (tertiary/aromatic N) is 1. The first kappa shape index (κ1) is 17.1. The maximum absolute atomic E-state index is 13.3. The van der Waals surface area contributed by atoms with Crippen molar-refractivity contribution in [3.63, 3.8) is 0 Å². The summed E-state index contributed by atoms with van der Waals surface area (Å²) in [6.45, 7) is 0. The second-order valence-electron chi connectivity index (χ2n) is 5.72. The molecule has 6 heteroatoms. The predicted octanol–water partition coefficient (Wildman–Crippen LogP) is 4.03. The summed E-state index contributed by atoms with van der Waals surface area (Å²) < 4.78 is 19.6. The van der Waals surface area contributed by atoms with E-state index in [4.69, 9.17) is 4.74 Å². The molecule has 0 fully saturated rings. The monoisotopic (exact) mass is 357 g/mol. The van der Waals surface area contributed by atoms with Crippen molar-refractivity contribution in [2.75, 3.05) is 14.1 Å². The Labute approximate surface area is 148 Å². The second kappa shape index (κ2) is 7.03. The highest BCUT2D eigenvalue weighted by atomic mass is 32.1. The first-order valence-corrected chi connectivity index (χ1v) is 8.43. The number of ether oxygens (including phenoxy) is 1. The number of esters is 1. The van der Waals surface area contributed by atoms with E-state index in [9.17, 15) is 14.0 Å². The zero-order chi connectivity index (χ0) is 18.0. The minimum absolute atomic E-state index is 0.327. The minimum atomic E-state index is -1.02. The molecule has 0 saturated carbocycles. The van der Waals surface area contributed by atoms with E-state index >= 15 is 0 Å². The van der Waals surface area contributed by atoms with Crippen molar-refractivity contribution >= 4 is 33.3 Å². The van der Waals surface area contributed by atoms with E-state index in [1.54, 1.807) is 50.5 Å². The number of hydrogen-bond acceptors (Lipinski definition) is 4. The van der Waals surface area contributed by atoms with Crippen molar-refractivity contribution in [1.82, 2.24) is 4.90 Å². The maximum Gasteiger partial charge on any atom is 0.349 e. The Morgan fingerprint density at radius 2 is 1.80 bits per heavy atom. The zero-order valence-electron chi connectivity index (χ0n) is 13.7. The SMILES string of the molecule is CN(C)C(=O)[C@@H](OC(=O)c1cc2cc(F)ccc2s1)c1ccccc1. The molecule has 128 valence electrons. The third kappa shape index (κ3) is 3.69. The molecule has 0 unspecified atom stereocenters. The Hall–Kier alpha value is -2.73. The number of likely N-dealkylation sites (N-methyl/N-ethyl adjacent to an activating group) is 1. The molecular formula is C19H16FNO3S. The van der Waals surface area contributed by atoms with Crippen molar-refractivity contribution in [3.8, 4) is 0 Å². The van der Waals surface area contributed by atoms with Crippen molar-refractivity contribution in [3.05, 3.63) is 70.9 Å². The molecule has 0 radical (unpaired) electrons. The molecular weight excluding hydrogens is 341 g/mol. The van der Waals surface area contributed by atoms with Gasteiger partial charge in [0, 0.05) is 24.4 Å². The Morgan fingerprint density at radius 1 is 1.08 bits per heavy atom. The molecule has 4 nitrogen and oxygen atoms in total. The van der Waals surface area contributed by atoms with Crippen LogP contribution >= 0.6 is 11.3 Å². The molecule has 1 heterocycles. The van der Waals surface area contributed by atoms with Crippen LogP contribution in [0.5, 0.6) is 0 Å². The zero-order valence-corrected chi connectivity index (χ0v) is 14.5. The molecule has 0 spiro atoms. The van der Waals surface area contributed by atoms with Gasteiger partial charge in [0.2, 0.25) is 6.10 Å². The Morgan fingerprint density at radius 3 is 2.48 bits per heavy atom. The first-order chi connectivity index (χ1) is 12.0. The van der Waals surface area contributed by atoms with Crippen LogP contribution in [0.1, 0.15) is 21.3 Å². The average molecular weight is 357 g/mol. The number of amides is 1. The molecule has 1 aromatic heterocycles. The highest BCUT2D eigenvalue weighted by Gasteiger charge is 2.27. The largest absolute Gasteiger partial charge is 0.443 e. The smallest absolute Gasteiger partial charge is 0.349 e. The Kier molecular flexibility index (Phi) is 4.81. The molecule has 1 atom stereocenters. The summed E-state index contributed by atoms with van der Waals surface area (Å²) >= 11 is 1.21. The van der Waals surface area contributed by atoms with Crippen LogP contribution in [-0.4, -0.2) is 30.9 Å². The molecule has 0 aliphatic rings. The van der Waals surface area contributed by atoms with Gasteiger partial charge < -0.3 is 9.64 Å². The first-order valence-electron chi connectivity index (χ1n) is 7.62. The highest BCUT2D eigenvalue weighted by Crippen LogP contribution is 2.29. The number of hydrogen-bond donors (Lipinski definition) is 0. The number of fused-ring (bicyclic) bond motifs is 1. The highest BCUT2D eigenvalue weighted by molar-refractivity contribution is 7.20. The number of carbonyl (C=O) groups is 2. The van der Waals surface area contributed by atoms with Gasteiger partial charge in [-0.2, -0.15) is 0 Å². The molecule has 0 saturated heterocycles. The van der Waals surface area contributed by atoms with Crippen molar-refractivity contribution < 1.29 is 18.7 Å². The molecule has 0 bridgehead atoms. The number of halogens is 1. The van der Waals surface area contributed by atoms with Crippen LogP contribution < -0.4 is 0 Å². The quantitative estimate of drug-likeness (QED) is 0.663. The van der Waals surface area contributed by atoms with E-state index in [-0.39, 0.29) is 11.7 Å². The number of thiophene rings is 1. The van der Waals surface area contributed by atoms with Gasteiger partial charge in [-0.15, -0.1) is 11.3 Å². The predicted molar refractivity (Wildman–Crippen MR) is 95.1 cm³/mol. The molecule has 1 amide bonds. The van der Waals surface area contributed by atoms with Crippen molar-refractivity contribution in [2.45, 2.75) is 6.10 Å². The second-order valence-corrected chi connectivity index (χ2v) is 6.81. The van der Waals surface area contributed by atoms with Crippen LogP contribution in [0.2, 0.25) is 0 Å². The van der Waals surface area contributed by atoms with Crippen LogP contribution in [0.25, 0.3) is 10.1 Å². The third-order valence-electron chi connectivity index (χ3n) is 3.67. The lowest BCUT2D eigenvalue weighted by Gasteiger charge is -2.20. The van der Waals surface area contributed by atoms with Crippen molar-refractivity contribution in [1.29, 1.82) is 0 Å². The van der Waals surface area contributed by atoms with Gasteiger partial charge in [0.15, 0.2) is 0 Å². The molecule has 0 aliphatic heterocycles. The van der Waals surface area contributed by atoms with Crippen LogP contribution in [0.4, 0.5) is 4.39 Å². The summed E-state index contributed by atoms with van der Waals surface area (Å²) in [5.41, 5.74) is 0.599. The number of rotatable bonds is 4. The summed E-state index contributed by atoms with van der Waals surface area (Å²) in [6, 6.07) is 14.8. The Balaban J connectivity index is 1.90. The minimum Gasteiger partial charge on any atom is -0.443 e. The Bertz CT molecular complexity index is 921. The van der Waals surface area contributed by atoms with E-state index in [0.717, 1.165) is 4.70 Å².